The molecule has 2 aromatic carbocycles. The fourth-order valence-corrected chi connectivity index (χ4v) is 3.49. The van der Waals surface area contributed by atoms with E-state index in [4.69, 9.17) is 14.6 Å². The number of unbranched alkanes of at least 4 members (excludes halogenated alkanes) is 2. The lowest BCUT2D eigenvalue weighted by Gasteiger charge is -2.07. The van der Waals surface area contributed by atoms with Crippen molar-refractivity contribution >= 4 is 17.4 Å². The van der Waals surface area contributed by atoms with Crippen LogP contribution in [0.4, 0.5) is 0 Å². The van der Waals surface area contributed by atoms with Gasteiger partial charge in [-0.3, -0.25) is 9.59 Å². The van der Waals surface area contributed by atoms with Crippen molar-refractivity contribution in [3.63, 3.8) is 0 Å². The number of carboxylic acid groups (broad SMARTS) is 1. The van der Waals surface area contributed by atoms with Gasteiger partial charge >= 0.3 is 5.97 Å². The molecule has 3 rings (SSSR count). The minimum atomic E-state index is -0.789. The molecule has 0 radical (unpaired) electrons. The molecule has 1 aliphatic carbocycles. The molecule has 0 heterocycles. The molecular formula is C23H25NO5. The van der Waals surface area contributed by atoms with Gasteiger partial charge < -0.3 is 19.9 Å². The molecule has 6 heteroatoms. The predicted octanol–water partition coefficient (Wildman–Crippen LogP) is 3.88. The summed E-state index contributed by atoms with van der Waals surface area (Å²) in [5, 5.41) is 11.5. The molecule has 0 atom stereocenters. The number of carbonyl (C=O) groups excluding carboxylic acids is 1. The highest BCUT2D eigenvalue weighted by molar-refractivity contribution is 6.08. The highest BCUT2D eigenvalue weighted by Crippen LogP contribution is 2.46. The van der Waals surface area contributed by atoms with Crippen molar-refractivity contribution in [2.45, 2.75) is 25.7 Å². The monoisotopic (exact) mass is 395 g/mol. The average Bonchev–Trinajstić information content (AvgIpc) is 3.02. The van der Waals surface area contributed by atoms with E-state index in [-0.39, 0.29) is 12.3 Å². The van der Waals surface area contributed by atoms with Crippen molar-refractivity contribution in [3.05, 3.63) is 53.6 Å². The van der Waals surface area contributed by atoms with Crippen molar-refractivity contribution in [1.82, 2.24) is 5.32 Å². The number of fused-ring (bicyclic) bond motifs is 3. The number of carboxylic acids is 1. The zero-order valence-corrected chi connectivity index (χ0v) is 16.7. The maximum absolute atomic E-state index is 12.5. The maximum Gasteiger partial charge on any atom is 0.303 e. The summed E-state index contributed by atoms with van der Waals surface area (Å²) in [6.07, 6.45) is 3.91. The Hall–Kier alpha value is -3.28. The molecule has 0 saturated carbocycles. The second-order valence-corrected chi connectivity index (χ2v) is 6.88. The van der Waals surface area contributed by atoms with Crippen LogP contribution in [0.25, 0.3) is 16.7 Å². The van der Waals surface area contributed by atoms with Crippen LogP contribution < -0.4 is 14.8 Å². The van der Waals surface area contributed by atoms with E-state index in [0.717, 1.165) is 52.2 Å². The van der Waals surface area contributed by atoms with Gasteiger partial charge in [-0.2, -0.15) is 0 Å². The summed E-state index contributed by atoms with van der Waals surface area (Å²) < 4.78 is 10.7. The number of nitrogens with one attached hydrogen (secondary N) is 1. The maximum atomic E-state index is 12.5. The molecule has 29 heavy (non-hydrogen) atoms. The Balaban J connectivity index is 1.78. The first-order valence-electron chi connectivity index (χ1n) is 9.62. The standard InChI is InChI=1S/C23H25NO5/c1-28-15-7-9-17-18-10-8-16(29-2)13-20(18)21(19(17)12-15)14-22(25)24-11-5-3-4-6-23(26)27/h7-10,12-14H,3-6,11H2,1-2H3,(H,24,25)(H,26,27). The van der Waals surface area contributed by atoms with Crippen LogP contribution in [0.3, 0.4) is 0 Å². The Labute approximate surface area is 170 Å². The number of benzene rings is 2. The summed E-state index contributed by atoms with van der Waals surface area (Å²) in [5.74, 6) is 0.493. The SMILES string of the molecule is COc1ccc2c(c1)C(=CC(=O)NCCCCCC(=O)O)c1cc(OC)ccc1-2. The second kappa shape index (κ2) is 9.28. The molecule has 1 aliphatic rings. The number of aliphatic carboxylic acids is 1. The van der Waals surface area contributed by atoms with Gasteiger partial charge in [-0.15, -0.1) is 0 Å². The van der Waals surface area contributed by atoms with Gasteiger partial charge in [-0.25, -0.2) is 0 Å². The van der Waals surface area contributed by atoms with E-state index in [9.17, 15) is 9.59 Å². The largest absolute Gasteiger partial charge is 0.497 e. The first-order chi connectivity index (χ1) is 14.0. The predicted molar refractivity (Wildman–Crippen MR) is 111 cm³/mol. The van der Waals surface area contributed by atoms with E-state index in [1.165, 1.54) is 0 Å². The minimum Gasteiger partial charge on any atom is -0.497 e. The van der Waals surface area contributed by atoms with E-state index in [0.29, 0.717) is 13.0 Å². The lowest BCUT2D eigenvalue weighted by atomic mass is 10.0. The number of carbonyl (C=O) groups is 2. The lowest BCUT2D eigenvalue weighted by Crippen LogP contribution is -2.22. The summed E-state index contributed by atoms with van der Waals surface area (Å²) in [5.41, 5.74) is 4.83. The van der Waals surface area contributed by atoms with Crippen LogP contribution in [0.1, 0.15) is 36.8 Å². The molecule has 152 valence electrons. The number of methoxy groups -OCH3 is 2. The number of hydrogen-bond donors (Lipinski definition) is 2. The van der Waals surface area contributed by atoms with Gasteiger partial charge in [-0.1, -0.05) is 18.6 Å². The van der Waals surface area contributed by atoms with E-state index < -0.39 is 5.97 Å². The Kier molecular flexibility index (Phi) is 6.54. The van der Waals surface area contributed by atoms with Gasteiger partial charge in [0.05, 0.1) is 14.2 Å². The molecule has 2 aromatic rings. The van der Waals surface area contributed by atoms with Crippen LogP contribution in [0, 0.1) is 0 Å². The van der Waals surface area contributed by atoms with E-state index in [1.54, 1.807) is 20.3 Å². The third-order valence-electron chi connectivity index (χ3n) is 4.97. The number of ether oxygens (including phenoxy) is 2. The zero-order chi connectivity index (χ0) is 20.8. The summed E-state index contributed by atoms with van der Waals surface area (Å²) in [4.78, 5) is 23.1. The van der Waals surface area contributed by atoms with Crippen LogP contribution in [0.2, 0.25) is 0 Å². The van der Waals surface area contributed by atoms with Gasteiger partial charge in [0.25, 0.3) is 0 Å². The third kappa shape index (κ3) is 4.77. The Bertz CT molecular complexity index is 893. The summed E-state index contributed by atoms with van der Waals surface area (Å²) >= 11 is 0. The topological polar surface area (TPSA) is 84.9 Å². The molecule has 0 fully saturated rings. The van der Waals surface area contributed by atoms with Crippen molar-refractivity contribution in [2.75, 3.05) is 20.8 Å². The second-order valence-electron chi connectivity index (χ2n) is 6.88. The molecule has 0 unspecified atom stereocenters. The Morgan fingerprint density at radius 2 is 1.48 bits per heavy atom. The molecule has 0 spiro atoms. The molecule has 6 nitrogen and oxygen atoms in total. The number of hydrogen-bond acceptors (Lipinski definition) is 4. The van der Waals surface area contributed by atoms with Crippen LogP contribution >= 0.6 is 0 Å². The highest BCUT2D eigenvalue weighted by Gasteiger charge is 2.25. The van der Waals surface area contributed by atoms with Gasteiger partial charge in [0.15, 0.2) is 0 Å². The van der Waals surface area contributed by atoms with Crippen molar-refractivity contribution < 1.29 is 24.2 Å². The zero-order valence-electron chi connectivity index (χ0n) is 16.7. The quantitative estimate of drug-likeness (QED) is 0.424. The first kappa shape index (κ1) is 20.5. The first-order valence-corrected chi connectivity index (χ1v) is 9.62. The fraction of sp³-hybridized carbons (Fsp3) is 0.304. The van der Waals surface area contributed by atoms with Crippen molar-refractivity contribution in [1.29, 1.82) is 0 Å². The van der Waals surface area contributed by atoms with Crippen LogP contribution in [0.15, 0.2) is 42.5 Å². The minimum absolute atomic E-state index is 0.162. The summed E-state index contributed by atoms with van der Waals surface area (Å²) in [6, 6.07) is 11.7. The van der Waals surface area contributed by atoms with Crippen molar-refractivity contribution in [2.24, 2.45) is 0 Å². The van der Waals surface area contributed by atoms with Crippen LogP contribution in [0.5, 0.6) is 11.5 Å². The van der Waals surface area contributed by atoms with Gasteiger partial charge in [0, 0.05) is 19.0 Å². The third-order valence-corrected chi connectivity index (χ3v) is 4.97. The molecule has 2 N–H and O–H groups in total. The highest BCUT2D eigenvalue weighted by atomic mass is 16.5. The van der Waals surface area contributed by atoms with E-state index in [1.807, 2.05) is 36.4 Å². The van der Waals surface area contributed by atoms with Crippen molar-refractivity contribution in [3.8, 4) is 22.6 Å². The lowest BCUT2D eigenvalue weighted by molar-refractivity contribution is -0.137. The molecule has 0 aliphatic heterocycles. The fourth-order valence-electron chi connectivity index (χ4n) is 3.49. The molecule has 1 amide bonds. The molecule has 0 aromatic heterocycles. The summed E-state index contributed by atoms with van der Waals surface area (Å²) in [7, 11) is 3.24. The van der Waals surface area contributed by atoms with E-state index >= 15 is 0 Å². The molecule has 0 saturated heterocycles. The number of rotatable bonds is 9. The molecule has 0 bridgehead atoms. The van der Waals surface area contributed by atoms with Crippen LogP contribution in [-0.4, -0.2) is 37.7 Å². The smallest absolute Gasteiger partial charge is 0.303 e. The molecular weight excluding hydrogens is 370 g/mol. The van der Waals surface area contributed by atoms with Gasteiger partial charge in [-0.05, 0) is 64.9 Å². The normalized spacial score (nSPS) is 11.4. The summed E-state index contributed by atoms with van der Waals surface area (Å²) in [6.45, 7) is 0.512. The van der Waals surface area contributed by atoms with E-state index in [2.05, 4.69) is 5.32 Å². The Morgan fingerprint density at radius 1 is 0.897 bits per heavy atom. The van der Waals surface area contributed by atoms with Gasteiger partial charge in [0.2, 0.25) is 5.91 Å². The Morgan fingerprint density at radius 3 is 2.00 bits per heavy atom. The number of amides is 1. The van der Waals surface area contributed by atoms with Gasteiger partial charge in [0.1, 0.15) is 11.5 Å². The average molecular weight is 395 g/mol. The van der Waals surface area contributed by atoms with Crippen LogP contribution in [-0.2, 0) is 9.59 Å².